The summed E-state index contributed by atoms with van der Waals surface area (Å²) in [6.07, 6.45) is 0. The van der Waals surface area contributed by atoms with Crippen LogP contribution in [0, 0.1) is 0 Å². The van der Waals surface area contributed by atoms with Gasteiger partial charge in [-0.05, 0) is 6.07 Å². The predicted octanol–water partition coefficient (Wildman–Crippen LogP) is 2.59. The molecule has 0 amide bonds. The Kier molecular flexibility index (Phi) is 3.05. The van der Waals surface area contributed by atoms with Gasteiger partial charge in [0.05, 0.1) is 19.2 Å². The maximum atomic E-state index is 12.3. The van der Waals surface area contributed by atoms with Crippen molar-refractivity contribution in [2.24, 2.45) is 0 Å². The molecule has 1 aliphatic heterocycles. The monoisotopic (exact) mass is 253 g/mol. The number of nitrogens with one attached hydrogen (secondary N) is 1. The van der Waals surface area contributed by atoms with Crippen molar-refractivity contribution in [3.8, 4) is 5.75 Å². The first-order chi connectivity index (χ1) is 9.31. The van der Waals surface area contributed by atoms with Crippen LogP contribution >= 0.6 is 0 Å². The molecular weight excluding hydrogens is 238 g/mol. The lowest BCUT2D eigenvalue weighted by Gasteiger charge is -2.06. The van der Waals surface area contributed by atoms with E-state index in [1.807, 2.05) is 54.6 Å². The summed E-state index contributed by atoms with van der Waals surface area (Å²) in [5, 5.41) is 3.23. The number of Topliss-reactive ketones (excluding diaryl/α,β-unsaturated/α-hetero) is 1. The lowest BCUT2D eigenvalue weighted by atomic mass is 10.0. The average Bonchev–Trinajstić information content (AvgIpc) is 3.27. The Morgan fingerprint density at radius 1 is 1.05 bits per heavy atom. The third-order valence-electron chi connectivity index (χ3n) is 3.40. The maximum Gasteiger partial charge on any atom is 0.181 e. The Balaban J connectivity index is 1.80. The van der Waals surface area contributed by atoms with E-state index in [1.54, 1.807) is 7.11 Å². The van der Waals surface area contributed by atoms with Crippen LogP contribution in [0.2, 0.25) is 0 Å². The van der Waals surface area contributed by atoms with Crippen molar-refractivity contribution < 1.29 is 9.53 Å². The van der Waals surface area contributed by atoms with E-state index in [0.29, 0.717) is 0 Å². The number of carbonyl (C=O) groups excluding carboxylic acids is 1. The second-order valence-corrected chi connectivity index (χ2v) is 4.59. The molecule has 0 spiro atoms. The number of ether oxygens (including phenoxy) is 1. The van der Waals surface area contributed by atoms with Gasteiger partial charge in [-0.25, -0.2) is 0 Å². The standard InChI is InChI=1S/C16H15NO2/c1-19-13-10-6-5-9-12(13)14-15(17-14)16(18)11-7-3-2-4-8-11/h2-10,14-15,17H,1H3. The fraction of sp³-hybridized carbons (Fsp3) is 0.188. The van der Waals surface area contributed by atoms with Gasteiger partial charge < -0.3 is 4.74 Å². The van der Waals surface area contributed by atoms with Crippen LogP contribution in [0.5, 0.6) is 5.75 Å². The molecule has 1 heterocycles. The van der Waals surface area contributed by atoms with E-state index >= 15 is 0 Å². The molecule has 0 bridgehead atoms. The molecule has 1 saturated heterocycles. The quantitative estimate of drug-likeness (QED) is 0.673. The van der Waals surface area contributed by atoms with Gasteiger partial charge in [0, 0.05) is 11.1 Å². The fourth-order valence-corrected chi connectivity index (χ4v) is 2.34. The minimum Gasteiger partial charge on any atom is -0.496 e. The van der Waals surface area contributed by atoms with Crippen LogP contribution in [0.4, 0.5) is 0 Å². The number of hydrogen-bond acceptors (Lipinski definition) is 3. The summed E-state index contributed by atoms with van der Waals surface area (Å²) < 4.78 is 5.33. The molecule has 1 aliphatic rings. The molecule has 3 rings (SSSR count). The molecule has 0 radical (unpaired) electrons. The zero-order valence-electron chi connectivity index (χ0n) is 10.7. The first kappa shape index (κ1) is 11.9. The lowest BCUT2D eigenvalue weighted by molar-refractivity contribution is 0.0988. The molecule has 2 unspecified atom stereocenters. The molecule has 2 aromatic rings. The summed E-state index contributed by atoms with van der Waals surface area (Å²) >= 11 is 0. The van der Waals surface area contributed by atoms with Crippen LogP contribution < -0.4 is 10.1 Å². The Bertz CT molecular complexity index is 595. The second-order valence-electron chi connectivity index (χ2n) is 4.59. The molecule has 0 saturated carbocycles. The summed E-state index contributed by atoms with van der Waals surface area (Å²) in [6.45, 7) is 0. The topological polar surface area (TPSA) is 48.2 Å². The van der Waals surface area contributed by atoms with E-state index in [-0.39, 0.29) is 17.9 Å². The van der Waals surface area contributed by atoms with E-state index in [2.05, 4.69) is 5.32 Å². The Labute approximate surface area is 112 Å². The summed E-state index contributed by atoms with van der Waals surface area (Å²) in [5.74, 6) is 0.958. The Hall–Kier alpha value is -2.13. The van der Waals surface area contributed by atoms with E-state index in [4.69, 9.17) is 4.74 Å². The molecule has 96 valence electrons. The van der Waals surface area contributed by atoms with Gasteiger partial charge in [-0.1, -0.05) is 48.5 Å². The summed E-state index contributed by atoms with van der Waals surface area (Å²) in [7, 11) is 1.65. The number of benzene rings is 2. The third-order valence-corrected chi connectivity index (χ3v) is 3.40. The molecule has 19 heavy (non-hydrogen) atoms. The smallest absolute Gasteiger partial charge is 0.181 e. The normalized spacial score (nSPS) is 20.9. The summed E-state index contributed by atoms with van der Waals surface area (Å²) in [5.41, 5.74) is 1.79. The van der Waals surface area contributed by atoms with Gasteiger partial charge in [-0.15, -0.1) is 0 Å². The molecule has 0 aromatic heterocycles. The van der Waals surface area contributed by atoms with Crippen LogP contribution in [0.1, 0.15) is 22.0 Å². The van der Waals surface area contributed by atoms with Crippen molar-refractivity contribution >= 4 is 5.78 Å². The van der Waals surface area contributed by atoms with Crippen molar-refractivity contribution in [2.45, 2.75) is 12.1 Å². The van der Waals surface area contributed by atoms with Crippen molar-refractivity contribution in [2.75, 3.05) is 7.11 Å². The van der Waals surface area contributed by atoms with Crippen molar-refractivity contribution in [3.63, 3.8) is 0 Å². The van der Waals surface area contributed by atoms with Crippen LogP contribution in [0.25, 0.3) is 0 Å². The predicted molar refractivity (Wildman–Crippen MR) is 73.4 cm³/mol. The highest BCUT2D eigenvalue weighted by atomic mass is 16.5. The molecule has 1 fully saturated rings. The maximum absolute atomic E-state index is 12.3. The highest BCUT2D eigenvalue weighted by Gasteiger charge is 2.44. The van der Waals surface area contributed by atoms with Gasteiger partial charge in [0.25, 0.3) is 0 Å². The lowest BCUT2D eigenvalue weighted by Crippen LogP contribution is -2.10. The SMILES string of the molecule is COc1ccccc1C1NC1C(=O)c1ccccc1. The zero-order chi connectivity index (χ0) is 13.2. The highest BCUT2D eigenvalue weighted by molar-refractivity contribution is 6.02. The number of hydrogen-bond donors (Lipinski definition) is 1. The van der Waals surface area contributed by atoms with Gasteiger partial charge in [0.15, 0.2) is 5.78 Å². The average molecular weight is 253 g/mol. The Morgan fingerprint density at radius 3 is 2.47 bits per heavy atom. The molecule has 1 N–H and O–H groups in total. The number of rotatable bonds is 4. The van der Waals surface area contributed by atoms with Gasteiger partial charge in [-0.2, -0.15) is 0 Å². The summed E-state index contributed by atoms with van der Waals surface area (Å²) in [4.78, 5) is 12.3. The van der Waals surface area contributed by atoms with Crippen LogP contribution in [0.15, 0.2) is 54.6 Å². The number of para-hydroxylation sites is 1. The molecule has 2 atom stereocenters. The second kappa shape index (κ2) is 4.86. The van der Waals surface area contributed by atoms with E-state index in [9.17, 15) is 4.79 Å². The number of methoxy groups -OCH3 is 1. The van der Waals surface area contributed by atoms with Crippen molar-refractivity contribution in [1.29, 1.82) is 0 Å². The first-order valence-electron chi connectivity index (χ1n) is 6.29. The van der Waals surface area contributed by atoms with E-state index in [0.717, 1.165) is 16.9 Å². The minimum absolute atomic E-state index is 0.0591. The number of ketones is 1. The molecule has 2 aromatic carbocycles. The highest BCUT2D eigenvalue weighted by Crippen LogP contribution is 2.37. The van der Waals surface area contributed by atoms with Gasteiger partial charge >= 0.3 is 0 Å². The molecule has 0 aliphatic carbocycles. The van der Waals surface area contributed by atoms with E-state index < -0.39 is 0 Å². The van der Waals surface area contributed by atoms with E-state index in [1.165, 1.54) is 0 Å². The van der Waals surface area contributed by atoms with Crippen molar-refractivity contribution in [1.82, 2.24) is 5.32 Å². The first-order valence-corrected chi connectivity index (χ1v) is 6.29. The van der Waals surface area contributed by atoms with Crippen LogP contribution in [-0.4, -0.2) is 18.9 Å². The largest absolute Gasteiger partial charge is 0.496 e. The Morgan fingerprint density at radius 2 is 1.74 bits per heavy atom. The molecule has 3 heteroatoms. The fourth-order valence-electron chi connectivity index (χ4n) is 2.34. The molecular formula is C16H15NO2. The third kappa shape index (κ3) is 2.25. The number of carbonyl (C=O) groups is 1. The van der Waals surface area contributed by atoms with Gasteiger partial charge in [0.1, 0.15) is 5.75 Å². The van der Waals surface area contributed by atoms with Gasteiger partial charge in [0.2, 0.25) is 0 Å². The zero-order valence-corrected chi connectivity index (χ0v) is 10.7. The molecule has 3 nitrogen and oxygen atoms in total. The summed E-state index contributed by atoms with van der Waals surface area (Å²) in [6, 6.07) is 17.1. The van der Waals surface area contributed by atoms with Crippen LogP contribution in [0.3, 0.4) is 0 Å². The minimum atomic E-state index is -0.140. The van der Waals surface area contributed by atoms with Crippen molar-refractivity contribution in [3.05, 3.63) is 65.7 Å². The van der Waals surface area contributed by atoms with Crippen LogP contribution in [-0.2, 0) is 0 Å². The van der Waals surface area contributed by atoms with Gasteiger partial charge in [-0.3, -0.25) is 10.1 Å².